The van der Waals surface area contributed by atoms with Gasteiger partial charge in [-0.3, -0.25) is 4.79 Å². The maximum Gasteiger partial charge on any atom is 0.263 e. The second-order valence-corrected chi connectivity index (χ2v) is 3.10. The van der Waals surface area contributed by atoms with Crippen molar-refractivity contribution in [3.63, 3.8) is 0 Å². The topological polar surface area (TPSA) is 43.1 Å². The van der Waals surface area contributed by atoms with E-state index in [4.69, 9.17) is 4.42 Å². The fourth-order valence-corrected chi connectivity index (χ4v) is 1.23. The summed E-state index contributed by atoms with van der Waals surface area (Å²) in [6, 6.07) is 3.86. The third kappa shape index (κ3) is 1.72. The molecule has 0 aliphatic heterocycles. The van der Waals surface area contributed by atoms with Crippen LogP contribution in [0.1, 0.15) is 29.6 Å². The highest BCUT2D eigenvalue weighted by Gasteiger charge is 2.13. The molecule has 2 rings (SSSR count). The fourth-order valence-electron chi connectivity index (χ4n) is 1.23. The van der Waals surface area contributed by atoms with Crippen LogP contribution in [0.5, 0.6) is 0 Å². The molecule has 2 aromatic rings. The molecule has 0 bridgehead atoms. The van der Waals surface area contributed by atoms with Crippen molar-refractivity contribution in [1.29, 1.82) is 0 Å². The predicted octanol–water partition coefficient (Wildman–Crippen LogP) is 2.97. The Morgan fingerprint density at radius 2 is 2.20 bits per heavy atom. The average Bonchev–Trinajstić information content (AvgIpc) is 2.59. The van der Waals surface area contributed by atoms with Gasteiger partial charge in [0.15, 0.2) is 5.58 Å². The van der Waals surface area contributed by atoms with Crippen molar-refractivity contribution < 1.29 is 18.0 Å². The van der Waals surface area contributed by atoms with Gasteiger partial charge in [0.05, 0.1) is 0 Å². The van der Waals surface area contributed by atoms with Crippen molar-refractivity contribution >= 4 is 16.9 Å². The van der Waals surface area contributed by atoms with E-state index in [2.05, 4.69) is 4.98 Å². The number of rotatable bonds is 2. The number of carbonyl (C=O) groups excluding carboxylic acids is 1. The Morgan fingerprint density at radius 1 is 1.47 bits per heavy atom. The Bertz CT molecular complexity index is 519. The molecule has 78 valence electrons. The van der Waals surface area contributed by atoms with Crippen LogP contribution >= 0.6 is 0 Å². The number of hydrogen-bond acceptors (Lipinski definition) is 3. The first-order chi connectivity index (χ1) is 7.08. The van der Waals surface area contributed by atoms with Crippen molar-refractivity contribution in [1.82, 2.24) is 4.98 Å². The van der Waals surface area contributed by atoms with E-state index in [1.54, 1.807) is 0 Å². The van der Waals surface area contributed by atoms with Crippen LogP contribution in [-0.4, -0.2) is 10.8 Å². The number of benzene rings is 1. The lowest BCUT2D eigenvalue weighted by Gasteiger charge is -1.96. The van der Waals surface area contributed by atoms with E-state index in [1.807, 2.05) is 0 Å². The maximum absolute atomic E-state index is 12.3. The smallest absolute Gasteiger partial charge is 0.263 e. The van der Waals surface area contributed by atoms with Gasteiger partial charge in [0.1, 0.15) is 5.52 Å². The van der Waals surface area contributed by atoms with Crippen LogP contribution in [0.3, 0.4) is 0 Å². The minimum Gasteiger partial charge on any atom is -0.434 e. The molecular formula is C10H7F2NO2. The number of halogens is 2. The fraction of sp³-hybridized carbons (Fsp3) is 0.200. The van der Waals surface area contributed by atoms with Gasteiger partial charge in [0, 0.05) is 12.5 Å². The van der Waals surface area contributed by atoms with Crippen LogP contribution in [0.25, 0.3) is 11.1 Å². The van der Waals surface area contributed by atoms with Crippen LogP contribution in [0, 0.1) is 0 Å². The van der Waals surface area contributed by atoms with Gasteiger partial charge >= 0.3 is 0 Å². The normalized spacial score (nSPS) is 11.2. The summed E-state index contributed by atoms with van der Waals surface area (Å²) in [5.41, 5.74) is 0.480. The minimum atomic E-state index is -2.55. The Morgan fingerprint density at radius 3 is 2.80 bits per heavy atom. The summed E-state index contributed by atoms with van der Waals surface area (Å²) in [6.07, 6.45) is -2.55. The molecule has 0 aliphatic rings. The molecule has 1 aromatic heterocycles. The second-order valence-electron chi connectivity index (χ2n) is 3.10. The van der Waals surface area contributed by atoms with Crippen molar-refractivity contribution in [3.05, 3.63) is 29.7 Å². The van der Waals surface area contributed by atoms with Crippen LogP contribution in [0.2, 0.25) is 0 Å². The summed E-state index contributed by atoms with van der Waals surface area (Å²) in [5, 5.41) is 0. The number of hydrogen-bond donors (Lipinski definition) is 0. The van der Waals surface area contributed by atoms with Crippen LogP contribution in [0.15, 0.2) is 22.6 Å². The molecule has 0 aliphatic carbocycles. The van der Waals surface area contributed by atoms with Crippen molar-refractivity contribution in [2.24, 2.45) is 0 Å². The molecule has 15 heavy (non-hydrogen) atoms. The highest BCUT2D eigenvalue weighted by molar-refractivity contribution is 5.92. The Balaban J connectivity index is 2.57. The third-order valence-corrected chi connectivity index (χ3v) is 1.96. The number of Topliss-reactive ketones (excluding diaryl/α,β-unsaturated/α-hetero) is 1. The summed E-state index contributed by atoms with van der Waals surface area (Å²) in [4.78, 5) is 14.7. The quantitative estimate of drug-likeness (QED) is 0.717. The van der Waals surface area contributed by atoms with E-state index >= 15 is 0 Å². The largest absolute Gasteiger partial charge is 0.434 e. The first kappa shape index (κ1) is 9.76. The molecule has 0 amide bonds. The standard InChI is InChI=1S/C10H7F2NO2/c1-5(14)10-13-7-4-6(9(11)12)2-3-8(7)15-10/h2-4,9H,1H3. The third-order valence-electron chi connectivity index (χ3n) is 1.96. The van der Waals surface area contributed by atoms with Crippen molar-refractivity contribution in [2.75, 3.05) is 0 Å². The minimum absolute atomic E-state index is 0.0589. The molecule has 3 nitrogen and oxygen atoms in total. The van der Waals surface area contributed by atoms with E-state index in [0.29, 0.717) is 5.58 Å². The van der Waals surface area contributed by atoms with Crippen molar-refractivity contribution in [3.8, 4) is 0 Å². The number of oxazole rings is 1. The Hall–Kier alpha value is -1.78. The van der Waals surface area contributed by atoms with Crippen LogP contribution in [-0.2, 0) is 0 Å². The molecule has 0 radical (unpaired) electrons. The van der Waals surface area contributed by atoms with Crippen molar-refractivity contribution in [2.45, 2.75) is 13.3 Å². The molecule has 0 unspecified atom stereocenters. The molecule has 0 N–H and O–H groups in total. The molecule has 0 atom stereocenters. The monoisotopic (exact) mass is 211 g/mol. The van der Waals surface area contributed by atoms with Gasteiger partial charge in [-0.1, -0.05) is 0 Å². The lowest BCUT2D eigenvalue weighted by Crippen LogP contribution is -1.90. The predicted molar refractivity (Wildman–Crippen MR) is 49.0 cm³/mol. The van der Waals surface area contributed by atoms with Gasteiger partial charge in [0.2, 0.25) is 5.78 Å². The number of nitrogens with zero attached hydrogens (tertiary/aromatic N) is 1. The summed E-state index contributed by atoms with van der Waals surface area (Å²) >= 11 is 0. The molecule has 1 aromatic carbocycles. The first-order valence-corrected chi connectivity index (χ1v) is 4.27. The van der Waals surface area contributed by atoms with Crippen LogP contribution < -0.4 is 0 Å². The lowest BCUT2D eigenvalue weighted by molar-refractivity contribution is 0.0983. The Kier molecular flexibility index (Phi) is 2.22. The van der Waals surface area contributed by atoms with Gasteiger partial charge in [-0.05, 0) is 18.2 Å². The molecule has 1 heterocycles. The highest BCUT2D eigenvalue weighted by atomic mass is 19.3. The zero-order valence-corrected chi connectivity index (χ0v) is 7.83. The average molecular weight is 211 g/mol. The molecular weight excluding hydrogens is 204 g/mol. The summed E-state index contributed by atoms with van der Waals surface area (Å²) in [6.45, 7) is 1.30. The number of carbonyl (C=O) groups is 1. The van der Waals surface area contributed by atoms with Gasteiger partial charge in [-0.15, -0.1) is 0 Å². The summed E-state index contributed by atoms with van der Waals surface area (Å²) < 4.78 is 29.7. The zero-order valence-electron chi connectivity index (χ0n) is 7.83. The first-order valence-electron chi connectivity index (χ1n) is 4.27. The van der Waals surface area contributed by atoms with E-state index in [-0.39, 0.29) is 22.8 Å². The van der Waals surface area contributed by atoms with Gasteiger partial charge in [-0.2, -0.15) is 0 Å². The summed E-state index contributed by atoms with van der Waals surface area (Å²) in [7, 11) is 0. The van der Waals surface area contributed by atoms with Gasteiger partial charge in [0.25, 0.3) is 12.3 Å². The SMILES string of the molecule is CC(=O)c1nc2cc(C(F)F)ccc2o1. The molecule has 0 saturated heterocycles. The van der Waals surface area contributed by atoms with E-state index in [0.717, 1.165) is 0 Å². The summed E-state index contributed by atoms with van der Waals surface area (Å²) in [5.74, 6) is -0.388. The number of aromatic nitrogens is 1. The van der Waals surface area contributed by atoms with Crippen LogP contribution in [0.4, 0.5) is 8.78 Å². The van der Waals surface area contributed by atoms with E-state index < -0.39 is 6.43 Å². The number of ketones is 1. The van der Waals surface area contributed by atoms with E-state index in [1.165, 1.54) is 25.1 Å². The lowest BCUT2D eigenvalue weighted by atomic mass is 10.2. The second kappa shape index (κ2) is 3.42. The molecule has 0 fully saturated rings. The molecule has 5 heteroatoms. The zero-order chi connectivity index (χ0) is 11.0. The van der Waals surface area contributed by atoms with E-state index in [9.17, 15) is 13.6 Å². The molecule has 0 saturated carbocycles. The Labute approximate surface area is 83.7 Å². The van der Waals surface area contributed by atoms with Gasteiger partial charge in [-0.25, -0.2) is 13.8 Å². The molecule has 0 spiro atoms. The highest BCUT2D eigenvalue weighted by Crippen LogP contribution is 2.24. The van der Waals surface area contributed by atoms with Gasteiger partial charge < -0.3 is 4.42 Å². The number of alkyl halides is 2. The maximum atomic E-state index is 12.3. The number of fused-ring (bicyclic) bond motifs is 1.